The Bertz CT molecular complexity index is 1540. The van der Waals surface area contributed by atoms with Crippen LogP contribution in [0.2, 0.25) is 0 Å². The Kier molecular flexibility index (Phi) is 9.32. The predicted molar refractivity (Wildman–Crippen MR) is 162 cm³/mol. The number of rotatable bonds is 6. The molecule has 3 N–H and O–H groups in total. The number of imidazole rings is 1. The first-order chi connectivity index (χ1) is 19.3. The zero-order chi connectivity index (χ0) is 28.6. The summed E-state index contributed by atoms with van der Waals surface area (Å²) in [5.74, 6) is 0.962. The molecule has 3 heterocycles. The lowest BCUT2D eigenvalue weighted by molar-refractivity contribution is 0.263. The summed E-state index contributed by atoms with van der Waals surface area (Å²) in [5, 5.41) is 0. The molecule has 0 bridgehead atoms. The first-order valence-electron chi connectivity index (χ1n) is 13.6. The van der Waals surface area contributed by atoms with Crippen molar-refractivity contribution in [1.82, 2.24) is 19.9 Å². The van der Waals surface area contributed by atoms with Crippen LogP contribution in [0.4, 0.5) is 10.3 Å². The number of nitrogens with two attached hydrogens (primary N) is 1. The second-order valence-corrected chi connectivity index (χ2v) is 9.75. The fraction of sp³-hybridized carbons (Fsp3) is 0.281. The van der Waals surface area contributed by atoms with Gasteiger partial charge in [0, 0.05) is 41.7 Å². The maximum Gasteiger partial charge on any atom is 0.200 e. The van der Waals surface area contributed by atoms with Gasteiger partial charge in [-0.1, -0.05) is 39.0 Å². The molecular weight excluding hydrogens is 503 g/mol. The van der Waals surface area contributed by atoms with Crippen LogP contribution in [0.25, 0.3) is 22.4 Å². The Labute approximate surface area is 235 Å². The standard InChI is InChI=1S/C29H29FN6O.C3H8/c1-4-32-18(2)24(15-20-5-8-23(30)9-6-20)19(3)36-13-14-37-27-12-7-21(16-22(27)17-36)25-10-11-26-28(33-25)35-29(31)34-26;1-3-2/h4-12,16H,1,13-15,17H2,2-3H3,(H3,31,33,34,35);3H2,1-2H3/b24-19+,32-18?;. The van der Waals surface area contributed by atoms with Crippen molar-refractivity contribution in [2.24, 2.45) is 4.99 Å². The Hall–Kier alpha value is -4.46. The van der Waals surface area contributed by atoms with Crippen molar-refractivity contribution in [2.75, 3.05) is 18.9 Å². The zero-order valence-corrected chi connectivity index (χ0v) is 23.7. The first kappa shape index (κ1) is 28.5. The molecule has 0 unspecified atom stereocenters. The number of halogens is 1. The summed E-state index contributed by atoms with van der Waals surface area (Å²) in [6, 6.07) is 16.6. The fourth-order valence-electron chi connectivity index (χ4n) is 4.64. The molecule has 0 spiro atoms. The van der Waals surface area contributed by atoms with Crippen LogP contribution in [0.5, 0.6) is 5.75 Å². The molecule has 5 rings (SSSR count). The Morgan fingerprint density at radius 3 is 2.60 bits per heavy atom. The zero-order valence-electron chi connectivity index (χ0n) is 23.7. The third kappa shape index (κ3) is 6.75. The summed E-state index contributed by atoms with van der Waals surface area (Å²) in [4.78, 5) is 18.7. The van der Waals surface area contributed by atoms with Gasteiger partial charge < -0.3 is 20.4 Å². The smallest absolute Gasteiger partial charge is 0.200 e. The number of ether oxygens (including phenoxy) is 1. The molecule has 0 radical (unpaired) electrons. The van der Waals surface area contributed by atoms with E-state index in [2.05, 4.69) is 58.3 Å². The molecule has 0 saturated carbocycles. The Morgan fingerprint density at radius 1 is 1.12 bits per heavy atom. The number of fused-ring (bicyclic) bond motifs is 2. The highest BCUT2D eigenvalue weighted by atomic mass is 19.1. The van der Waals surface area contributed by atoms with Gasteiger partial charge in [-0.2, -0.15) is 4.98 Å². The van der Waals surface area contributed by atoms with Crippen molar-refractivity contribution in [1.29, 1.82) is 0 Å². The van der Waals surface area contributed by atoms with Gasteiger partial charge in [0.25, 0.3) is 0 Å². The van der Waals surface area contributed by atoms with E-state index in [4.69, 9.17) is 10.5 Å². The third-order valence-electron chi connectivity index (χ3n) is 6.63. The summed E-state index contributed by atoms with van der Waals surface area (Å²) >= 11 is 0. The monoisotopic (exact) mass is 540 g/mol. The maximum atomic E-state index is 13.5. The van der Waals surface area contributed by atoms with Crippen molar-refractivity contribution in [3.05, 3.63) is 95.6 Å². The number of nitrogens with zero attached hydrogens (tertiary/aromatic N) is 4. The highest BCUT2D eigenvalue weighted by molar-refractivity contribution is 5.99. The molecule has 208 valence electrons. The van der Waals surface area contributed by atoms with E-state index < -0.39 is 0 Å². The van der Waals surface area contributed by atoms with Crippen molar-refractivity contribution < 1.29 is 9.13 Å². The van der Waals surface area contributed by atoms with Gasteiger partial charge in [-0.05, 0) is 67.4 Å². The topological polar surface area (TPSA) is 92.4 Å². The van der Waals surface area contributed by atoms with E-state index in [1.807, 2.05) is 43.3 Å². The third-order valence-corrected chi connectivity index (χ3v) is 6.63. The average molecular weight is 541 g/mol. The van der Waals surface area contributed by atoms with Crippen LogP contribution in [0, 0.1) is 5.82 Å². The summed E-state index contributed by atoms with van der Waals surface area (Å²) < 4.78 is 19.6. The molecule has 0 atom stereocenters. The normalized spacial score (nSPS) is 13.9. The van der Waals surface area contributed by atoms with Crippen LogP contribution in [0.15, 0.2) is 83.6 Å². The molecule has 2 aromatic carbocycles. The second-order valence-electron chi connectivity index (χ2n) is 9.75. The van der Waals surface area contributed by atoms with Gasteiger partial charge in [-0.3, -0.25) is 4.99 Å². The fourth-order valence-corrected chi connectivity index (χ4v) is 4.64. The van der Waals surface area contributed by atoms with Crippen LogP contribution in [0.1, 0.15) is 45.2 Å². The van der Waals surface area contributed by atoms with Crippen LogP contribution in [0.3, 0.4) is 0 Å². The van der Waals surface area contributed by atoms with E-state index in [1.165, 1.54) is 18.6 Å². The van der Waals surface area contributed by atoms with Crippen molar-refractivity contribution in [2.45, 2.75) is 47.1 Å². The number of aromatic nitrogens is 3. The molecule has 1 aliphatic rings. The highest BCUT2D eigenvalue weighted by Gasteiger charge is 2.20. The van der Waals surface area contributed by atoms with Crippen molar-refractivity contribution in [3.8, 4) is 17.0 Å². The number of H-pyrrole nitrogens is 1. The molecule has 0 amide bonds. The largest absolute Gasteiger partial charge is 0.491 e. The molecule has 0 fully saturated rings. The van der Waals surface area contributed by atoms with Gasteiger partial charge in [0.2, 0.25) is 0 Å². The van der Waals surface area contributed by atoms with Gasteiger partial charge in [0.05, 0.1) is 17.8 Å². The lowest BCUT2D eigenvalue weighted by atomic mass is 9.98. The predicted octanol–water partition coefficient (Wildman–Crippen LogP) is 7.08. The van der Waals surface area contributed by atoms with Crippen LogP contribution in [-0.2, 0) is 13.0 Å². The number of nitrogen functional groups attached to an aromatic ring is 1. The number of pyridine rings is 1. The number of benzene rings is 2. The van der Waals surface area contributed by atoms with E-state index in [0.29, 0.717) is 31.2 Å². The van der Waals surface area contributed by atoms with Gasteiger partial charge in [-0.15, -0.1) is 0 Å². The molecule has 4 aromatic rings. The molecule has 0 aliphatic carbocycles. The minimum atomic E-state index is -0.246. The van der Waals surface area contributed by atoms with Crippen LogP contribution in [-0.4, -0.2) is 38.7 Å². The number of hydrogen-bond acceptors (Lipinski definition) is 6. The van der Waals surface area contributed by atoms with E-state index in [-0.39, 0.29) is 5.82 Å². The van der Waals surface area contributed by atoms with E-state index in [0.717, 1.165) is 57.2 Å². The summed E-state index contributed by atoms with van der Waals surface area (Å²) in [6.07, 6.45) is 3.44. The summed E-state index contributed by atoms with van der Waals surface area (Å²) in [6.45, 7) is 14.0. The second kappa shape index (κ2) is 13.1. The Balaban J connectivity index is 0.00000118. The number of anilines is 1. The summed E-state index contributed by atoms with van der Waals surface area (Å²) in [5.41, 5.74) is 14.1. The van der Waals surface area contributed by atoms with Crippen molar-refractivity contribution >= 4 is 22.8 Å². The number of allylic oxidation sites excluding steroid dienone is 2. The highest BCUT2D eigenvalue weighted by Crippen LogP contribution is 2.31. The van der Waals surface area contributed by atoms with Crippen LogP contribution >= 0.6 is 0 Å². The van der Waals surface area contributed by atoms with E-state index >= 15 is 0 Å². The first-order valence-corrected chi connectivity index (χ1v) is 13.6. The number of nitrogens with one attached hydrogen (secondary N) is 1. The summed E-state index contributed by atoms with van der Waals surface area (Å²) in [7, 11) is 0. The van der Waals surface area contributed by atoms with E-state index in [1.54, 1.807) is 6.20 Å². The van der Waals surface area contributed by atoms with Crippen LogP contribution < -0.4 is 10.5 Å². The molecule has 1 aliphatic heterocycles. The van der Waals surface area contributed by atoms with Gasteiger partial charge >= 0.3 is 0 Å². The van der Waals surface area contributed by atoms with Gasteiger partial charge in [-0.25, -0.2) is 9.37 Å². The molecule has 2 aromatic heterocycles. The number of hydrogen-bond donors (Lipinski definition) is 2. The minimum Gasteiger partial charge on any atom is -0.491 e. The van der Waals surface area contributed by atoms with Crippen molar-refractivity contribution in [3.63, 3.8) is 0 Å². The molecular formula is C32H37FN6O. The minimum absolute atomic E-state index is 0.246. The van der Waals surface area contributed by atoms with Gasteiger partial charge in [0.15, 0.2) is 11.6 Å². The quantitative estimate of drug-likeness (QED) is 0.255. The molecule has 8 heteroatoms. The van der Waals surface area contributed by atoms with Gasteiger partial charge in [0.1, 0.15) is 18.2 Å². The maximum absolute atomic E-state index is 13.5. The van der Waals surface area contributed by atoms with E-state index in [9.17, 15) is 4.39 Å². The molecule has 40 heavy (non-hydrogen) atoms. The Morgan fingerprint density at radius 2 is 1.88 bits per heavy atom. The SMILES string of the molecule is C=CN=C(C)/C(Cc1ccc(F)cc1)=C(\C)N1CCOc2ccc(-c3ccc4[nH]c(N)nc4n3)cc2C1.CCC. The molecule has 7 nitrogen and oxygen atoms in total. The lowest BCUT2D eigenvalue weighted by Gasteiger charge is -2.26. The average Bonchev–Trinajstić information content (AvgIpc) is 3.18. The lowest BCUT2D eigenvalue weighted by Crippen LogP contribution is -2.26. The number of aromatic amines is 1. The molecule has 0 saturated heterocycles. The number of aliphatic imine (C=N–C) groups is 1.